The molecule has 4 heteroatoms. The zero-order chi connectivity index (χ0) is 11.5. The van der Waals surface area contributed by atoms with E-state index in [0.717, 1.165) is 18.9 Å². The highest BCUT2D eigenvalue weighted by molar-refractivity contribution is 5.98. The van der Waals surface area contributed by atoms with Crippen LogP contribution < -0.4 is 5.32 Å². The number of aliphatic imine (C=N–C) groups is 1. The van der Waals surface area contributed by atoms with Crippen LogP contribution in [0.4, 0.5) is 0 Å². The first-order valence-electron chi connectivity index (χ1n) is 5.71. The molecule has 1 heterocycles. The van der Waals surface area contributed by atoms with E-state index >= 15 is 0 Å². The van der Waals surface area contributed by atoms with Crippen molar-refractivity contribution in [2.75, 3.05) is 20.1 Å². The minimum Gasteiger partial charge on any atom is -0.360 e. The lowest BCUT2D eigenvalue weighted by molar-refractivity contribution is -0.116. The van der Waals surface area contributed by atoms with Crippen molar-refractivity contribution in [3.05, 3.63) is 0 Å². The maximum absolute atomic E-state index is 11.5. The van der Waals surface area contributed by atoms with E-state index in [9.17, 15) is 4.79 Å². The Kier molecular flexibility index (Phi) is 3.14. The van der Waals surface area contributed by atoms with Gasteiger partial charge in [0.25, 0.3) is 5.91 Å². The van der Waals surface area contributed by atoms with Gasteiger partial charge in [-0.1, -0.05) is 5.92 Å². The molecule has 0 saturated heterocycles. The summed E-state index contributed by atoms with van der Waals surface area (Å²) in [5.74, 6) is 6.53. The van der Waals surface area contributed by atoms with E-state index in [1.54, 1.807) is 6.92 Å². The molecule has 0 aromatic rings. The minimum atomic E-state index is -0.192. The van der Waals surface area contributed by atoms with E-state index in [1.165, 1.54) is 12.8 Å². The van der Waals surface area contributed by atoms with Gasteiger partial charge in [-0.2, -0.15) is 0 Å². The number of carbonyl (C=O) groups excluding carboxylic acids is 1. The molecule has 4 nitrogen and oxygen atoms in total. The van der Waals surface area contributed by atoms with Crippen molar-refractivity contribution in [2.45, 2.75) is 25.8 Å². The Hall–Kier alpha value is -1.50. The minimum absolute atomic E-state index is 0.0702. The molecule has 1 atom stereocenters. The fraction of sp³-hybridized carbons (Fsp3) is 0.667. The quantitative estimate of drug-likeness (QED) is 0.691. The number of amidine groups is 1. The van der Waals surface area contributed by atoms with Gasteiger partial charge in [-0.25, -0.2) is 0 Å². The lowest BCUT2D eigenvalue weighted by atomic mass is 10.1. The molecule has 1 saturated carbocycles. The summed E-state index contributed by atoms with van der Waals surface area (Å²) in [6, 6.07) is 0.0702. The third kappa shape index (κ3) is 2.35. The highest BCUT2D eigenvalue weighted by Gasteiger charge is 2.37. The van der Waals surface area contributed by atoms with Crippen LogP contribution in [0.3, 0.4) is 0 Å². The van der Waals surface area contributed by atoms with E-state index < -0.39 is 0 Å². The highest BCUT2D eigenvalue weighted by atomic mass is 16.1. The number of carbonyl (C=O) groups is 1. The summed E-state index contributed by atoms with van der Waals surface area (Å²) in [6.07, 6.45) is 2.36. The van der Waals surface area contributed by atoms with Crippen molar-refractivity contribution in [3.8, 4) is 11.8 Å². The second-order valence-corrected chi connectivity index (χ2v) is 4.33. The van der Waals surface area contributed by atoms with Crippen LogP contribution in [0.25, 0.3) is 0 Å². The van der Waals surface area contributed by atoms with Crippen LogP contribution in [0.5, 0.6) is 0 Å². The molecule has 1 N–H and O–H groups in total. The number of hydrogen-bond donors (Lipinski definition) is 1. The van der Waals surface area contributed by atoms with Crippen LogP contribution in [0.1, 0.15) is 19.8 Å². The summed E-state index contributed by atoms with van der Waals surface area (Å²) in [5, 5.41) is 2.97. The van der Waals surface area contributed by atoms with Crippen molar-refractivity contribution in [3.63, 3.8) is 0 Å². The summed E-state index contributed by atoms with van der Waals surface area (Å²) < 4.78 is 0. The largest absolute Gasteiger partial charge is 0.360 e. The summed E-state index contributed by atoms with van der Waals surface area (Å²) >= 11 is 0. The topological polar surface area (TPSA) is 44.7 Å². The standard InChI is InChI=1S/C12H17N3O/c1-3-4-10(16)14-11(9-5-6-9)12-13-7-8-15(12)2/h9,11H,5-8H2,1-2H3,(H,14,16). The molecule has 2 aliphatic rings. The van der Waals surface area contributed by atoms with Crippen LogP contribution in [-0.2, 0) is 4.79 Å². The second-order valence-electron chi connectivity index (χ2n) is 4.33. The van der Waals surface area contributed by atoms with Gasteiger partial charge in [0.15, 0.2) is 0 Å². The Morgan fingerprint density at radius 1 is 1.62 bits per heavy atom. The second kappa shape index (κ2) is 4.56. The average molecular weight is 219 g/mol. The molecule has 1 amide bonds. The molecule has 2 rings (SSSR count). The zero-order valence-electron chi connectivity index (χ0n) is 9.79. The van der Waals surface area contributed by atoms with Crippen LogP contribution in [0.15, 0.2) is 4.99 Å². The molecule has 1 unspecified atom stereocenters. The van der Waals surface area contributed by atoms with Crippen molar-refractivity contribution < 1.29 is 4.79 Å². The Bertz CT molecular complexity index is 373. The summed E-state index contributed by atoms with van der Waals surface area (Å²) in [5.41, 5.74) is 0. The van der Waals surface area contributed by atoms with Gasteiger partial charge in [0.05, 0.1) is 12.6 Å². The number of rotatable bonds is 3. The highest BCUT2D eigenvalue weighted by Crippen LogP contribution is 2.34. The Morgan fingerprint density at radius 3 is 2.88 bits per heavy atom. The first-order valence-corrected chi connectivity index (χ1v) is 5.71. The van der Waals surface area contributed by atoms with Crippen molar-refractivity contribution in [2.24, 2.45) is 10.9 Å². The number of amides is 1. The number of nitrogens with one attached hydrogen (secondary N) is 1. The number of hydrogen-bond acceptors (Lipinski definition) is 3. The third-order valence-electron chi connectivity index (χ3n) is 3.00. The first-order chi connectivity index (χ1) is 7.72. The van der Waals surface area contributed by atoms with Crippen LogP contribution >= 0.6 is 0 Å². The molecule has 1 aliphatic heterocycles. The van der Waals surface area contributed by atoms with Crippen molar-refractivity contribution in [1.29, 1.82) is 0 Å². The van der Waals surface area contributed by atoms with Crippen LogP contribution in [-0.4, -0.2) is 42.8 Å². The Balaban J connectivity index is 2.04. The lowest BCUT2D eigenvalue weighted by Crippen LogP contribution is -2.46. The number of nitrogens with zero attached hydrogens (tertiary/aromatic N) is 2. The van der Waals surface area contributed by atoms with E-state index in [1.807, 2.05) is 7.05 Å². The van der Waals surface area contributed by atoms with Gasteiger partial charge in [0, 0.05) is 13.6 Å². The molecule has 1 fully saturated rings. The Morgan fingerprint density at radius 2 is 2.38 bits per heavy atom. The van der Waals surface area contributed by atoms with Gasteiger partial charge in [-0.15, -0.1) is 0 Å². The lowest BCUT2D eigenvalue weighted by Gasteiger charge is -2.23. The van der Waals surface area contributed by atoms with Gasteiger partial charge >= 0.3 is 0 Å². The summed E-state index contributed by atoms with van der Waals surface area (Å²) in [6.45, 7) is 3.46. The van der Waals surface area contributed by atoms with Crippen molar-refractivity contribution in [1.82, 2.24) is 10.2 Å². The van der Waals surface area contributed by atoms with Gasteiger partial charge in [0.2, 0.25) is 0 Å². The maximum Gasteiger partial charge on any atom is 0.296 e. The Labute approximate surface area is 96.1 Å². The third-order valence-corrected chi connectivity index (χ3v) is 3.00. The SMILES string of the molecule is CC#CC(=O)NC(C1=NCCN1C)C1CC1. The molecule has 0 aromatic carbocycles. The van der Waals surface area contributed by atoms with E-state index in [4.69, 9.17) is 0 Å². The molecule has 16 heavy (non-hydrogen) atoms. The molecule has 0 spiro atoms. The molecule has 0 bridgehead atoms. The monoisotopic (exact) mass is 219 g/mol. The van der Waals surface area contributed by atoms with Crippen LogP contribution in [0.2, 0.25) is 0 Å². The van der Waals surface area contributed by atoms with E-state index in [0.29, 0.717) is 5.92 Å². The van der Waals surface area contributed by atoms with Crippen LogP contribution in [0, 0.1) is 17.8 Å². The predicted molar refractivity (Wildman–Crippen MR) is 63.0 cm³/mol. The van der Waals surface area contributed by atoms with E-state index in [-0.39, 0.29) is 11.9 Å². The fourth-order valence-corrected chi connectivity index (χ4v) is 2.00. The molecule has 86 valence electrons. The van der Waals surface area contributed by atoms with Gasteiger partial charge in [0.1, 0.15) is 5.84 Å². The van der Waals surface area contributed by atoms with Gasteiger partial charge in [-0.3, -0.25) is 9.79 Å². The molecule has 1 aliphatic carbocycles. The summed E-state index contributed by atoms with van der Waals surface area (Å²) in [4.78, 5) is 18.1. The molecular weight excluding hydrogens is 202 g/mol. The van der Waals surface area contributed by atoms with E-state index in [2.05, 4.69) is 27.0 Å². The smallest absolute Gasteiger partial charge is 0.296 e. The maximum atomic E-state index is 11.5. The zero-order valence-corrected chi connectivity index (χ0v) is 9.79. The summed E-state index contributed by atoms with van der Waals surface area (Å²) in [7, 11) is 2.03. The molecule has 0 radical (unpaired) electrons. The van der Waals surface area contributed by atoms with Gasteiger partial charge in [-0.05, 0) is 31.6 Å². The molecular formula is C12H17N3O. The number of likely N-dealkylation sites (N-methyl/N-ethyl adjacent to an activating group) is 1. The average Bonchev–Trinajstić information content (AvgIpc) is 2.99. The molecule has 0 aromatic heterocycles. The van der Waals surface area contributed by atoms with Gasteiger partial charge < -0.3 is 10.2 Å². The van der Waals surface area contributed by atoms with Crippen molar-refractivity contribution >= 4 is 11.7 Å². The predicted octanol–water partition coefficient (Wildman–Crippen LogP) is 0.248. The fourth-order valence-electron chi connectivity index (χ4n) is 2.00. The normalized spacial score (nSPS) is 20.9. The first kappa shape index (κ1) is 11.0.